The lowest BCUT2D eigenvalue weighted by Gasteiger charge is -2.38. The van der Waals surface area contributed by atoms with Gasteiger partial charge in [0.15, 0.2) is 0 Å². The lowest BCUT2D eigenvalue weighted by Crippen LogP contribution is -2.32. The van der Waals surface area contributed by atoms with Crippen molar-refractivity contribution in [2.45, 2.75) is 31.2 Å². The van der Waals surface area contributed by atoms with Crippen LogP contribution in [0.25, 0.3) is 0 Å². The topological polar surface area (TPSA) is 38.7 Å². The number of rotatable bonds is 4. The molecule has 0 saturated heterocycles. The van der Waals surface area contributed by atoms with Crippen LogP contribution in [0.5, 0.6) is 5.75 Å². The zero-order valence-corrected chi connectivity index (χ0v) is 10.3. The molecule has 3 nitrogen and oxygen atoms in total. The van der Waals surface area contributed by atoms with Gasteiger partial charge in [-0.25, -0.2) is 18.0 Å². The molecule has 0 atom stereocenters. The van der Waals surface area contributed by atoms with Gasteiger partial charge in [-0.05, 0) is 31.4 Å². The van der Waals surface area contributed by atoms with Crippen LogP contribution in [0.1, 0.15) is 36.8 Å². The number of hydrogen-bond acceptors (Lipinski definition) is 3. The zero-order valence-electron chi connectivity index (χ0n) is 10.3. The second-order valence-electron chi connectivity index (χ2n) is 4.46. The standard InChI is InChI=1S/C13H12F3NO2/c1-19-11-9(12(15)16)5-8(14)6-10(11)13(17-7-18)3-2-4-13/h5-6,12H,2-4H2,1H3. The van der Waals surface area contributed by atoms with E-state index >= 15 is 0 Å². The van der Waals surface area contributed by atoms with Crippen molar-refractivity contribution in [3.63, 3.8) is 0 Å². The van der Waals surface area contributed by atoms with Gasteiger partial charge in [0, 0.05) is 5.56 Å². The van der Waals surface area contributed by atoms with Gasteiger partial charge < -0.3 is 4.74 Å². The van der Waals surface area contributed by atoms with Crippen molar-refractivity contribution in [3.05, 3.63) is 29.1 Å². The Labute approximate surface area is 108 Å². The van der Waals surface area contributed by atoms with Crippen molar-refractivity contribution in [2.24, 2.45) is 4.99 Å². The summed E-state index contributed by atoms with van der Waals surface area (Å²) < 4.78 is 44.3. The molecule has 1 aromatic carbocycles. The van der Waals surface area contributed by atoms with Gasteiger partial charge in [0.2, 0.25) is 6.08 Å². The molecule has 0 spiro atoms. The van der Waals surface area contributed by atoms with Gasteiger partial charge in [0.05, 0.1) is 12.7 Å². The molecule has 0 aliphatic heterocycles. The Hall–Kier alpha value is -1.81. The first-order chi connectivity index (χ1) is 9.04. The van der Waals surface area contributed by atoms with Gasteiger partial charge in [-0.1, -0.05) is 0 Å². The van der Waals surface area contributed by atoms with Crippen LogP contribution in [-0.2, 0) is 10.3 Å². The van der Waals surface area contributed by atoms with Gasteiger partial charge >= 0.3 is 0 Å². The number of nitrogens with zero attached hydrogens (tertiary/aromatic N) is 1. The van der Waals surface area contributed by atoms with E-state index in [9.17, 15) is 18.0 Å². The van der Waals surface area contributed by atoms with E-state index in [0.29, 0.717) is 12.8 Å². The van der Waals surface area contributed by atoms with Crippen LogP contribution in [0, 0.1) is 5.82 Å². The van der Waals surface area contributed by atoms with Crippen molar-refractivity contribution in [3.8, 4) is 5.75 Å². The van der Waals surface area contributed by atoms with Crippen LogP contribution < -0.4 is 4.74 Å². The number of benzene rings is 1. The van der Waals surface area contributed by atoms with Crippen molar-refractivity contribution in [1.82, 2.24) is 0 Å². The summed E-state index contributed by atoms with van der Waals surface area (Å²) >= 11 is 0. The van der Waals surface area contributed by atoms with Gasteiger partial charge in [-0.15, -0.1) is 0 Å². The molecule has 1 aromatic rings. The van der Waals surface area contributed by atoms with Crippen LogP contribution in [0.4, 0.5) is 13.2 Å². The molecule has 1 aliphatic rings. The number of methoxy groups -OCH3 is 1. The van der Waals surface area contributed by atoms with Crippen molar-refractivity contribution < 1.29 is 22.7 Å². The molecular weight excluding hydrogens is 259 g/mol. The molecule has 6 heteroatoms. The Balaban J connectivity index is 2.65. The summed E-state index contributed by atoms with van der Waals surface area (Å²) in [6, 6.07) is 1.84. The summed E-state index contributed by atoms with van der Waals surface area (Å²) in [6.45, 7) is 0. The van der Waals surface area contributed by atoms with E-state index in [1.165, 1.54) is 13.2 Å². The Kier molecular flexibility index (Phi) is 3.62. The lowest BCUT2D eigenvalue weighted by molar-refractivity contribution is 0.145. The maximum atomic E-state index is 13.5. The third kappa shape index (κ3) is 2.24. The molecule has 1 fully saturated rings. The maximum Gasteiger partial charge on any atom is 0.267 e. The van der Waals surface area contributed by atoms with Crippen LogP contribution in [0.2, 0.25) is 0 Å². The number of aliphatic imine (C=N–C) groups is 1. The molecule has 0 radical (unpaired) electrons. The molecule has 1 saturated carbocycles. The van der Waals surface area contributed by atoms with E-state index in [0.717, 1.165) is 18.6 Å². The predicted molar refractivity (Wildman–Crippen MR) is 61.6 cm³/mol. The third-order valence-electron chi connectivity index (χ3n) is 3.46. The lowest BCUT2D eigenvalue weighted by atomic mass is 9.71. The smallest absolute Gasteiger partial charge is 0.267 e. The number of alkyl halides is 2. The highest BCUT2D eigenvalue weighted by Crippen LogP contribution is 2.50. The Morgan fingerprint density at radius 2 is 2.11 bits per heavy atom. The van der Waals surface area contributed by atoms with Gasteiger partial charge in [-0.2, -0.15) is 4.99 Å². The van der Waals surface area contributed by atoms with Crippen molar-refractivity contribution in [2.75, 3.05) is 7.11 Å². The van der Waals surface area contributed by atoms with Crippen LogP contribution in [0.3, 0.4) is 0 Å². The number of ether oxygens (including phenoxy) is 1. The first-order valence-electron chi connectivity index (χ1n) is 5.79. The second-order valence-corrected chi connectivity index (χ2v) is 4.46. The zero-order chi connectivity index (χ0) is 14.0. The fourth-order valence-electron chi connectivity index (χ4n) is 2.39. The highest BCUT2D eigenvalue weighted by Gasteiger charge is 2.42. The highest BCUT2D eigenvalue weighted by atomic mass is 19.3. The first kappa shape index (κ1) is 13.6. The van der Waals surface area contributed by atoms with E-state index in [2.05, 4.69) is 4.99 Å². The summed E-state index contributed by atoms with van der Waals surface area (Å²) in [5.74, 6) is -0.895. The van der Waals surface area contributed by atoms with Gasteiger partial charge in [-0.3, -0.25) is 0 Å². The first-order valence-corrected chi connectivity index (χ1v) is 5.79. The minimum absolute atomic E-state index is 0.102. The molecular formula is C13H12F3NO2. The number of isocyanates is 1. The molecule has 1 aliphatic carbocycles. The molecule has 0 amide bonds. The van der Waals surface area contributed by atoms with E-state index < -0.39 is 23.3 Å². The Morgan fingerprint density at radius 1 is 1.42 bits per heavy atom. The molecule has 0 unspecified atom stereocenters. The molecule has 0 heterocycles. The number of hydrogen-bond donors (Lipinski definition) is 0. The second kappa shape index (κ2) is 5.05. The number of halogens is 3. The number of carbonyl (C=O) groups excluding carboxylic acids is 1. The van der Waals surface area contributed by atoms with E-state index in [4.69, 9.17) is 4.74 Å². The SMILES string of the molecule is COc1c(C(F)F)cc(F)cc1C1(N=C=O)CCC1. The summed E-state index contributed by atoms with van der Waals surface area (Å²) in [5.41, 5.74) is -1.30. The molecule has 102 valence electrons. The van der Waals surface area contributed by atoms with Crippen molar-refractivity contribution in [1.29, 1.82) is 0 Å². The normalized spacial score (nSPS) is 16.7. The average molecular weight is 271 g/mol. The summed E-state index contributed by atoms with van der Waals surface area (Å²) in [6.07, 6.45) is 0.347. The minimum atomic E-state index is -2.86. The van der Waals surface area contributed by atoms with Gasteiger partial charge in [0.1, 0.15) is 17.1 Å². The van der Waals surface area contributed by atoms with Crippen LogP contribution >= 0.6 is 0 Å². The highest BCUT2D eigenvalue weighted by molar-refractivity contribution is 5.50. The summed E-state index contributed by atoms with van der Waals surface area (Å²) in [5, 5.41) is 0. The van der Waals surface area contributed by atoms with E-state index in [-0.39, 0.29) is 11.3 Å². The molecule has 0 N–H and O–H groups in total. The van der Waals surface area contributed by atoms with Gasteiger partial charge in [0.25, 0.3) is 6.43 Å². The fraction of sp³-hybridized carbons (Fsp3) is 0.462. The van der Waals surface area contributed by atoms with Crippen molar-refractivity contribution >= 4 is 6.08 Å². The largest absolute Gasteiger partial charge is 0.496 e. The van der Waals surface area contributed by atoms with Crippen LogP contribution in [-0.4, -0.2) is 13.2 Å². The quantitative estimate of drug-likeness (QED) is 0.621. The Morgan fingerprint density at radius 3 is 2.53 bits per heavy atom. The Bertz CT molecular complexity index is 535. The van der Waals surface area contributed by atoms with E-state index in [1.54, 1.807) is 0 Å². The molecule has 19 heavy (non-hydrogen) atoms. The summed E-state index contributed by atoms with van der Waals surface area (Å²) in [4.78, 5) is 14.2. The molecule has 0 bridgehead atoms. The van der Waals surface area contributed by atoms with E-state index in [1.807, 2.05) is 0 Å². The third-order valence-corrected chi connectivity index (χ3v) is 3.46. The molecule has 2 rings (SSSR count). The van der Waals surface area contributed by atoms with Crippen LogP contribution in [0.15, 0.2) is 17.1 Å². The predicted octanol–water partition coefficient (Wildman–Crippen LogP) is 3.49. The molecule has 0 aromatic heterocycles. The average Bonchev–Trinajstić information content (AvgIpc) is 2.32. The summed E-state index contributed by atoms with van der Waals surface area (Å²) in [7, 11) is 1.24. The minimum Gasteiger partial charge on any atom is -0.496 e. The monoisotopic (exact) mass is 271 g/mol. The fourth-order valence-corrected chi connectivity index (χ4v) is 2.39. The maximum absolute atomic E-state index is 13.5.